The van der Waals surface area contributed by atoms with Crippen LogP contribution in [-0.4, -0.2) is 37.3 Å². The van der Waals surface area contributed by atoms with Crippen molar-refractivity contribution in [3.8, 4) is 0 Å². The monoisotopic (exact) mass is 320 g/mol. The summed E-state index contributed by atoms with van der Waals surface area (Å²) in [5, 5.41) is 0. The zero-order valence-corrected chi connectivity index (χ0v) is 13.6. The van der Waals surface area contributed by atoms with Crippen molar-refractivity contribution in [3.05, 3.63) is 29.3 Å². The lowest BCUT2D eigenvalue weighted by Crippen LogP contribution is -2.27. The van der Waals surface area contributed by atoms with Gasteiger partial charge in [-0.15, -0.1) is 0 Å². The van der Waals surface area contributed by atoms with Crippen LogP contribution < -0.4 is 10.5 Å². The molecule has 0 spiro atoms. The predicted octanol–water partition coefficient (Wildman–Crippen LogP) is 0.486. The molecule has 114 valence electrons. The lowest BCUT2D eigenvalue weighted by atomic mass is 10.1. The van der Waals surface area contributed by atoms with Gasteiger partial charge in [0.2, 0.25) is 0 Å². The number of nitrogen functional groups attached to an aromatic ring is 1. The van der Waals surface area contributed by atoms with E-state index in [0.717, 1.165) is 5.56 Å². The maximum atomic E-state index is 11.9. The van der Waals surface area contributed by atoms with Gasteiger partial charge in [0.05, 0.1) is 0 Å². The highest BCUT2D eigenvalue weighted by atomic mass is 32.3. The Kier molecular flexibility index (Phi) is 5.14. The second kappa shape index (κ2) is 6.08. The summed E-state index contributed by atoms with van der Waals surface area (Å²) in [7, 11) is -3.93. The molecule has 9 heteroatoms. The molecule has 0 aliphatic rings. The number of hydrogen-bond acceptors (Lipinski definition) is 4. The first kappa shape index (κ1) is 16.9. The molecule has 0 aromatic heterocycles. The summed E-state index contributed by atoms with van der Waals surface area (Å²) in [5.74, 6) is 0. The summed E-state index contributed by atoms with van der Waals surface area (Å²) in [6, 6.07) is 5.27. The van der Waals surface area contributed by atoms with Crippen molar-refractivity contribution in [1.82, 2.24) is 9.03 Å². The first-order chi connectivity index (χ1) is 9.02. The largest absolute Gasteiger partial charge is 0.399 e. The molecule has 1 atom stereocenters. The van der Waals surface area contributed by atoms with E-state index in [4.69, 9.17) is 5.73 Å². The highest BCUT2D eigenvalue weighted by Crippen LogP contribution is 2.11. The molecule has 0 aliphatic heterocycles. The smallest absolute Gasteiger partial charge is 0.328 e. The number of nitrogens with two attached hydrogens (primary N) is 1. The van der Waals surface area contributed by atoms with Gasteiger partial charge in [0.15, 0.2) is 0 Å². The van der Waals surface area contributed by atoms with Crippen LogP contribution in [0, 0.1) is 6.92 Å². The average Bonchev–Trinajstić information content (AvgIpc) is 2.23. The molecule has 0 saturated heterocycles. The van der Waals surface area contributed by atoms with Crippen LogP contribution >= 0.6 is 0 Å². The molecule has 0 saturated carbocycles. The fraction of sp³-hybridized carbons (Fsp3) is 0.455. The van der Waals surface area contributed by atoms with Crippen molar-refractivity contribution in [1.29, 1.82) is 0 Å². The normalized spacial score (nSPS) is 15.1. The topological polar surface area (TPSA) is 105 Å². The van der Waals surface area contributed by atoms with E-state index in [1.54, 1.807) is 12.1 Å². The average molecular weight is 320 g/mol. The van der Waals surface area contributed by atoms with E-state index in [0.29, 0.717) is 11.3 Å². The number of nitrogens with one attached hydrogen (secondary N) is 1. The Hall–Kier alpha value is -1.16. The van der Waals surface area contributed by atoms with Gasteiger partial charge < -0.3 is 5.73 Å². The van der Waals surface area contributed by atoms with Crippen molar-refractivity contribution in [2.45, 2.75) is 13.5 Å². The third-order valence-corrected chi connectivity index (χ3v) is 6.29. The van der Waals surface area contributed by atoms with Crippen LogP contribution in [0.4, 0.5) is 5.69 Å². The second-order valence-electron chi connectivity index (χ2n) is 4.70. The van der Waals surface area contributed by atoms with E-state index < -0.39 is 20.1 Å². The fourth-order valence-corrected chi connectivity index (χ4v) is 4.00. The van der Waals surface area contributed by atoms with Crippen molar-refractivity contribution in [2.75, 3.05) is 26.1 Å². The van der Waals surface area contributed by atoms with Gasteiger partial charge in [-0.1, -0.05) is 9.83 Å². The molecule has 3 N–H and O–H groups in total. The number of anilines is 1. The molecule has 0 bridgehead atoms. The molecule has 0 radical (unpaired) electrons. The maximum absolute atomic E-state index is 11.9. The van der Waals surface area contributed by atoms with Crippen molar-refractivity contribution in [3.63, 3.8) is 0 Å². The van der Waals surface area contributed by atoms with E-state index in [1.165, 1.54) is 24.7 Å². The summed E-state index contributed by atoms with van der Waals surface area (Å²) in [6.45, 7) is 1.91. The van der Waals surface area contributed by atoms with Gasteiger partial charge in [0, 0.05) is 32.6 Å². The molecule has 1 rings (SSSR count). The van der Waals surface area contributed by atoms with Gasteiger partial charge in [-0.05, 0) is 30.2 Å². The standard InChI is InChI=1S/C11H20N4O3S2/c1-9-5-10(7-11(12)6-9)8-13-20(17,18)14-19(4,16)15(2)3/h5-7,13H,8,12H2,1-4H3. The van der Waals surface area contributed by atoms with E-state index in [9.17, 15) is 12.6 Å². The Bertz CT molecular complexity index is 684. The number of aryl methyl sites for hydroxylation is 1. The summed E-state index contributed by atoms with van der Waals surface area (Å²) in [4.78, 5) is 0. The first-order valence-corrected chi connectivity index (χ1v) is 9.10. The predicted molar refractivity (Wildman–Crippen MR) is 81.5 cm³/mol. The fourth-order valence-electron chi connectivity index (χ4n) is 1.45. The van der Waals surface area contributed by atoms with E-state index in [2.05, 4.69) is 8.49 Å². The molecular weight excluding hydrogens is 300 g/mol. The van der Waals surface area contributed by atoms with E-state index >= 15 is 0 Å². The van der Waals surface area contributed by atoms with Crippen molar-refractivity contribution in [2.24, 2.45) is 3.77 Å². The summed E-state index contributed by atoms with van der Waals surface area (Å²) >= 11 is 0. The minimum atomic E-state index is -3.99. The molecule has 7 nitrogen and oxygen atoms in total. The van der Waals surface area contributed by atoms with E-state index in [-0.39, 0.29) is 6.54 Å². The third-order valence-electron chi connectivity index (χ3n) is 2.53. The number of nitrogens with zero attached hydrogens (tertiary/aromatic N) is 2. The van der Waals surface area contributed by atoms with Crippen LogP contribution in [0.15, 0.2) is 22.0 Å². The number of benzene rings is 1. The minimum absolute atomic E-state index is 0.0423. The zero-order valence-electron chi connectivity index (χ0n) is 12.0. The van der Waals surface area contributed by atoms with Crippen LogP contribution in [0.2, 0.25) is 0 Å². The van der Waals surface area contributed by atoms with Crippen LogP contribution in [0.3, 0.4) is 0 Å². The molecule has 0 aliphatic carbocycles. The number of hydrogen-bond donors (Lipinski definition) is 2. The van der Waals surface area contributed by atoms with Gasteiger partial charge in [-0.2, -0.15) is 13.1 Å². The molecule has 1 aromatic rings. The van der Waals surface area contributed by atoms with Gasteiger partial charge >= 0.3 is 10.2 Å². The van der Waals surface area contributed by atoms with Crippen LogP contribution in [0.1, 0.15) is 11.1 Å². The number of rotatable bonds is 5. The van der Waals surface area contributed by atoms with Gasteiger partial charge in [-0.25, -0.2) is 8.51 Å². The molecule has 0 fully saturated rings. The molecule has 1 aromatic carbocycles. The molecule has 0 amide bonds. The van der Waals surface area contributed by atoms with Crippen LogP contribution in [-0.2, 0) is 26.7 Å². The quantitative estimate of drug-likeness (QED) is 0.770. The van der Waals surface area contributed by atoms with Gasteiger partial charge in [0.25, 0.3) is 0 Å². The Labute approximate surface area is 120 Å². The highest BCUT2D eigenvalue weighted by molar-refractivity contribution is 8.00. The molecular formula is C11H20N4O3S2. The maximum Gasteiger partial charge on any atom is 0.328 e. The van der Waals surface area contributed by atoms with Gasteiger partial charge in [0.1, 0.15) is 9.92 Å². The second-order valence-corrected chi connectivity index (χ2v) is 8.79. The Morgan fingerprint density at radius 2 is 1.85 bits per heavy atom. The third kappa shape index (κ3) is 5.08. The molecule has 1 unspecified atom stereocenters. The van der Waals surface area contributed by atoms with E-state index in [1.807, 2.05) is 13.0 Å². The lowest BCUT2D eigenvalue weighted by Gasteiger charge is -2.12. The van der Waals surface area contributed by atoms with Crippen LogP contribution in [0.25, 0.3) is 0 Å². The summed E-state index contributed by atoms with van der Waals surface area (Å²) in [5.41, 5.74) is 7.90. The molecule has 0 heterocycles. The Morgan fingerprint density at radius 1 is 1.25 bits per heavy atom. The van der Waals surface area contributed by atoms with Crippen molar-refractivity contribution < 1.29 is 12.6 Å². The zero-order chi connectivity index (χ0) is 15.6. The Morgan fingerprint density at radius 3 is 2.35 bits per heavy atom. The summed E-state index contributed by atoms with van der Waals surface area (Å²) in [6.07, 6.45) is 1.26. The SMILES string of the molecule is Cc1cc(N)cc(CNS(=O)(=O)N=S(C)(=O)N(C)C)c1. The first-order valence-electron chi connectivity index (χ1n) is 5.78. The minimum Gasteiger partial charge on any atom is -0.399 e. The Balaban J connectivity index is 2.91. The highest BCUT2D eigenvalue weighted by Gasteiger charge is 2.14. The van der Waals surface area contributed by atoms with Crippen LogP contribution in [0.5, 0.6) is 0 Å². The molecule has 20 heavy (non-hydrogen) atoms. The van der Waals surface area contributed by atoms with Gasteiger partial charge in [-0.3, -0.25) is 0 Å². The van der Waals surface area contributed by atoms with Crippen molar-refractivity contribution >= 4 is 25.8 Å². The lowest BCUT2D eigenvalue weighted by molar-refractivity contribution is 0.578. The summed E-state index contributed by atoms with van der Waals surface area (Å²) < 4.78 is 42.4.